The van der Waals surface area contributed by atoms with Gasteiger partial charge < -0.3 is 9.88 Å². The lowest BCUT2D eigenvalue weighted by molar-refractivity contribution is -0.130. The third kappa shape index (κ3) is 4.08. The number of aromatic amines is 1. The van der Waals surface area contributed by atoms with Gasteiger partial charge in [-0.2, -0.15) is 0 Å². The van der Waals surface area contributed by atoms with Gasteiger partial charge in [-0.15, -0.1) is 0 Å². The number of nitrogens with one attached hydrogen (secondary N) is 1. The molecule has 0 atom stereocenters. The standard InChI is InChI=1S/C21H25N3O/c1-3-24(15-12-17-10-13-22-14-11-17)21(25)9-8-18-16(2)23-20-7-5-4-6-19(18)20/h4-7,10-11,13-14,23H,3,8-9,12,15H2,1-2H3. The van der Waals surface area contributed by atoms with Gasteiger partial charge in [0.1, 0.15) is 0 Å². The number of pyridine rings is 1. The summed E-state index contributed by atoms with van der Waals surface area (Å²) >= 11 is 0. The summed E-state index contributed by atoms with van der Waals surface area (Å²) in [4.78, 5) is 22.0. The number of hydrogen-bond donors (Lipinski definition) is 1. The molecule has 0 aliphatic heterocycles. The molecule has 3 rings (SSSR count). The van der Waals surface area contributed by atoms with Gasteiger partial charge in [0.05, 0.1) is 0 Å². The van der Waals surface area contributed by atoms with Gasteiger partial charge >= 0.3 is 0 Å². The van der Waals surface area contributed by atoms with Crippen molar-refractivity contribution in [2.75, 3.05) is 13.1 Å². The van der Waals surface area contributed by atoms with Crippen LogP contribution in [0.1, 0.15) is 30.2 Å². The molecule has 0 radical (unpaired) electrons. The molecule has 1 N–H and O–H groups in total. The number of carbonyl (C=O) groups excluding carboxylic acids is 1. The van der Waals surface area contributed by atoms with Crippen molar-refractivity contribution in [2.24, 2.45) is 0 Å². The maximum Gasteiger partial charge on any atom is 0.222 e. The smallest absolute Gasteiger partial charge is 0.222 e. The molecule has 1 aromatic carbocycles. The van der Waals surface area contributed by atoms with Gasteiger partial charge in [-0.25, -0.2) is 0 Å². The van der Waals surface area contributed by atoms with Crippen LogP contribution in [0.2, 0.25) is 0 Å². The van der Waals surface area contributed by atoms with Crippen molar-refractivity contribution in [2.45, 2.75) is 33.1 Å². The van der Waals surface area contributed by atoms with Crippen LogP contribution in [-0.4, -0.2) is 33.9 Å². The Kier molecular flexibility index (Phi) is 5.49. The summed E-state index contributed by atoms with van der Waals surface area (Å²) in [5, 5.41) is 1.23. The number of H-pyrrole nitrogens is 1. The summed E-state index contributed by atoms with van der Waals surface area (Å²) in [5.74, 6) is 0.223. The van der Waals surface area contributed by atoms with E-state index < -0.39 is 0 Å². The maximum atomic E-state index is 12.6. The van der Waals surface area contributed by atoms with Gasteiger partial charge in [-0.3, -0.25) is 9.78 Å². The Morgan fingerprint density at radius 1 is 1.12 bits per heavy atom. The quantitative estimate of drug-likeness (QED) is 0.712. The maximum absolute atomic E-state index is 12.6. The minimum Gasteiger partial charge on any atom is -0.358 e. The monoisotopic (exact) mass is 335 g/mol. The third-order valence-corrected chi connectivity index (χ3v) is 4.77. The Balaban J connectivity index is 1.61. The molecule has 0 unspecified atom stereocenters. The normalized spacial score (nSPS) is 11.0. The minimum absolute atomic E-state index is 0.223. The number of aromatic nitrogens is 2. The molecule has 4 nitrogen and oxygen atoms in total. The molecule has 0 bridgehead atoms. The fourth-order valence-electron chi connectivity index (χ4n) is 3.32. The van der Waals surface area contributed by atoms with Crippen molar-refractivity contribution in [3.8, 4) is 0 Å². The minimum atomic E-state index is 0.223. The van der Waals surface area contributed by atoms with Crippen LogP contribution in [0.3, 0.4) is 0 Å². The van der Waals surface area contributed by atoms with Gasteiger partial charge in [-0.05, 0) is 56.0 Å². The van der Waals surface area contributed by atoms with E-state index in [1.807, 2.05) is 36.1 Å². The van der Waals surface area contributed by atoms with Crippen molar-refractivity contribution in [3.63, 3.8) is 0 Å². The molecule has 0 saturated heterocycles. The van der Waals surface area contributed by atoms with E-state index in [9.17, 15) is 4.79 Å². The first-order valence-electron chi connectivity index (χ1n) is 8.92. The van der Waals surface area contributed by atoms with Gasteiger partial charge in [0.2, 0.25) is 5.91 Å². The lowest BCUT2D eigenvalue weighted by Gasteiger charge is -2.21. The lowest BCUT2D eigenvalue weighted by atomic mass is 10.1. The fourth-order valence-corrected chi connectivity index (χ4v) is 3.32. The highest BCUT2D eigenvalue weighted by Crippen LogP contribution is 2.23. The fraction of sp³-hybridized carbons (Fsp3) is 0.333. The molecule has 2 heterocycles. The molecule has 0 aliphatic rings. The largest absolute Gasteiger partial charge is 0.358 e. The van der Waals surface area contributed by atoms with Crippen molar-refractivity contribution in [3.05, 3.63) is 65.6 Å². The summed E-state index contributed by atoms with van der Waals surface area (Å²) in [6.45, 7) is 5.63. The van der Waals surface area contributed by atoms with Crippen LogP contribution in [0, 0.1) is 6.92 Å². The van der Waals surface area contributed by atoms with Gasteiger partial charge in [-0.1, -0.05) is 18.2 Å². The zero-order chi connectivity index (χ0) is 17.6. The summed E-state index contributed by atoms with van der Waals surface area (Å²) in [7, 11) is 0. The number of rotatable bonds is 7. The summed E-state index contributed by atoms with van der Waals surface area (Å²) < 4.78 is 0. The number of para-hydroxylation sites is 1. The molecule has 4 heteroatoms. The molecular formula is C21H25N3O. The third-order valence-electron chi connectivity index (χ3n) is 4.77. The number of likely N-dealkylation sites (N-methyl/N-ethyl adjacent to an activating group) is 1. The Hall–Kier alpha value is -2.62. The molecular weight excluding hydrogens is 310 g/mol. The number of fused-ring (bicyclic) bond motifs is 1. The van der Waals surface area contributed by atoms with E-state index in [2.05, 4.69) is 29.0 Å². The Bertz CT molecular complexity index is 839. The molecule has 3 aromatic rings. The van der Waals surface area contributed by atoms with E-state index in [4.69, 9.17) is 0 Å². The number of carbonyl (C=O) groups is 1. The van der Waals surface area contributed by atoms with Crippen molar-refractivity contribution >= 4 is 16.8 Å². The van der Waals surface area contributed by atoms with E-state index in [1.165, 1.54) is 16.5 Å². The van der Waals surface area contributed by atoms with Crippen LogP contribution in [0.5, 0.6) is 0 Å². The van der Waals surface area contributed by atoms with Crippen LogP contribution < -0.4 is 0 Å². The van der Waals surface area contributed by atoms with Gasteiger partial charge in [0.15, 0.2) is 0 Å². The molecule has 25 heavy (non-hydrogen) atoms. The highest BCUT2D eigenvalue weighted by atomic mass is 16.2. The van der Waals surface area contributed by atoms with Crippen LogP contribution in [0.15, 0.2) is 48.8 Å². The molecule has 0 aliphatic carbocycles. The van der Waals surface area contributed by atoms with Crippen LogP contribution in [0.25, 0.3) is 10.9 Å². The molecule has 0 fully saturated rings. The summed E-state index contributed by atoms with van der Waals surface area (Å²) in [6.07, 6.45) is 5.79. The number of hydrogen-bond acceptors (Lipinski definition) is 2. The van der Waals surface area contributed by atoms with Crippen LogP contribution >= 0.6 is 0 Å². The van der Waals surface area contributed by atoms with Crippen molar-refractivity contribution in [1.29, 1.82) is 0 Å². The predicted molar refractivity (Wildman–Crippen MR) is 102 cm³/mol. The summed E-state index contributed by atoms with van der Waals surface area (Å²) in [5.41, 5.74) is 4.78. The van der Waals surface area contributed by atoms with E-state index in [-0.39, 0.29) is 5.91 Å². The highest BCUT2D eigenvalue weighted by Gasteiger charge is 2.14. The average molecular weight is 335 g/mol. The Labute approximate surface area is 148 Å². The number of aryl methyl sites for hydroxylation is 2. The number of amides is 1. The van der Waals surface area contributed by atoms with Crippen molar-refractivity contribution < 1.29 is 4.79 Å². The summed E-state index contributed by atoms with van der Waals surface area (Å²) in [6, 6.07) is 12.3. The zero-order valence-electron chi connectivity index (χ0n) is 15.0. The second-order valence-corrected chi connectivity index (χ2v) is 6.35. The van der Waals surface area contributed by atoms with Crippen molar-refractivity contribution in [1.82, 2.24) is 14.9 Å². The Morgan fingerprint density at radius 2 is 1.88 bits per heavy atom. The topological polar surface area (TPSA) is 49.0 Å². The second-order valence-electron chi connectivity index (χ2n) is 6.35. The first-order valence-corrected chi connectivity index (χ1v) is 8.92. The van der Waals surface area contributed by atoms with Gasteiger partial charge in [0, 0.05) is 48.5 Å². The van der Waals surface area contributed by atoms with E-state index in [0.717, 1.165) is 37.1 Å². The predicted octanol–water partition coefficient (Wildman–Crippen LogP) is 3.90. The molecule has 2 aromatic heterocycles. The number of benzene rings is 1. The average Bonchev–Trinajstić information content (AvgIpc) is 2.96. The zero-order valence-corrected chi connectivity index (χ0v) is 15.0. The molecule has 0 saturated carbocycles. The molecule has 1 amide bonds. The molecule has 130 valence electrons. The first kappa shape index (κ1) is 17.2. The first-order chi connectivity index (χ1) is 12.2. The Morgan fingerprint density at radius 3 is 2.64 bits per heavy atom. The second kappa shape index (κ2) is 7.97. The van der Waals surface area contributed by atoms with Crippen LogP contribution in [0.4, 0.5) is 0 Å². The number of nitrogens with zero attached hydrogens (tertiary/aromatic N) is 2. The highest BCUT2D eigenvalue weighted by molar-refractivity contribution is 5.85. The molecule has 0 spiro atoms. The van der Waals surface area contributed by atoms with E-state index in [1.54, 1.807) is 12.4 Å². The SMILES string of the molecule is CCN(CCc1ccncc1)C(=O)CCc1c(C)[nH]c2ccccc12. The van der Waals surface area contributed by atoms with E-state index >= 15 is 0 Å². The van der Waals surface area contributed by atoms with Gasteiger partial charge in [0.25, 0.3) is 0 Å². The van der Waals surface area contributed by atoms with E-state index in [0.29, 0.717) is 6.42 Å². The van der Waals surface area contributed by atoms with Crippen LogP contribution in [-0.2, 0) is 17.6 Å². The lowest BCUT2D eigenvalue weighted by Crippen LogP contribution is -2.32.